The molecule has 2 heteroatoms. The highest BCUT2D eigenvalue weighted by Crippen LogP contribution is 2.47. The van der Waals surface area contributed by atoms with Crippen molar-refractivity contribution in [3.8, 4) is 0 Å². The van der Waals surface area contributed by atoms with E-state index in [0.717, 1.165) is 82.6 Å². The minimum absolute atomic E-state index is 0.558. The van der Waals surface area contributed by atoms with Gasteiger partial charge in [0.2, 0.25) is 0 Å². The van der Waals surface area contributed by atoms with Gasteiger partial charge in [-0.1, -0.05) is 81.1 Å². The second-order valence-electron chi connectivity index (χ2n) is 15.4. The fourth-order valence-electron chi connectivity index (χ4n) is 10.2. The van der Waals surface area contributed by atoms with Crippen LogP contribution in [0.3, 0.4) is 0 Å². The van der Waals surface area contributed by atoms with Crippen molar-refractivity contribution in [2.75, 3.05) is 0 Å². The van der Waals surface area contributed by atoms with Crippen LogP contribution < -0.4 is 0 Å². The fraction of sp³-hybridized carbons (Fsp3) is 0.583. The van der Waals surface area contributed by atoms with E-state index in [1.54, 1.807) is 61.0 Å². The minimum Gasteiger partial charge on any atom is -0.364 e. The van der Waals surface area contributed by atoms with Crippen LogP contribution in [0.1, 0.15) is 191 Å². The Morgan fingerprint density at radius 3 is 1.24 bits per heavy atom. The first-order chi connectivity index (χ1) is 24.4. The first kappa shape index (κ1) is 37.1. The van der Waals surface area contributed by atoms with Gasteiger partial charge in [-0.2, -0.15) is 0 Å². The van der Waals surface area contributed by atoms with Crippen molar-refractivity contribution in [3.63, 3.8) is 0 Å². The molecule has 0 spiro atoms. The number of aliphatic hydroxyl groups excluding tert-OH is 1. The zero-order valence-electron chi connectivity index (χ0n) is 33.0. The lowest BCUT2D eigenvalue weighted by molar-refractivity contribution is -0.0922. The second kappa shape index (κ2) is 16.3. The third-order valence-electron chi connectivity index (χ3n) is 12.6. The number of aliphatic hydroxyl groups is 1. The van der Waals surface area contributed by atoms with Crippen molar-refractivity contribution >= 4 is 21.5 Å². The molecule has 270 valence electrons. The van der Waals surface area contributed by atoms with Crippen molar-refractivity contribution < 1.29 is 9.84 Å². The second-order valence-corrected chi connectivity index (χ2v) is 15.4. The van der Waals surface area contributed by atoms with Gasteiger partial charge in [0.25, 0.3) is 0 Å². The molecule has 0 bridgehead atoms. The molecule has 4 aromatic carbocycles. The Labute approximate surface area is 304 Å². The van der Waals surface area contributed by atoms with Crippen LogP contribution in [-0.4, -0.2) is 5.11 Å². The lowest BCUT2D eigenvalue weighted by Gasteiger charge is -2.33. The van der Waals surface area contributed by atoms with E-state index < -0.39 is 6.29 Å². The predicted octanol–water partition coefficient (Wildman–Crippen LogP) is 12.6. The van der Waals surface area contributed by atoms with Gasteiger partial charge in [-0.25, -0.2) is 0 Å². The van der Waals surface area contributed by atoms with Gasteiger partial charge in [-0.15, -0.1) is 0 Å². The van der Waals surface area contributed by atoms with E-state index in [9.17, 15) is 5.11 Å². The van der Waals surface area contributed by atoms with Gasteiger partial charge in [0.05, 0.1) is 6.61 Å². The third kappa shape index (κ3) is 6.36. The van der Waals surface area contributed by atoms with Crippen molar-refractivity contribution in [1.82, 2.24) is 0 Å². The van der Waals surface area contributed by atoms with Crippen LogP contribution in [0.4, 0.5) is 0 Å². The smallest absolute Gasteiger partial charge is 0.182 e. The molecule has 2 nitrogen and oxygen atoms in total. The Morgan fingerprint density at radius 2 is 0.820 bits per heavy atom. The summed E-state index contributed by atoms with van der Waals surface area (Å²) in [7, 11) is 0. The van der Waals surface area contributed by atoms with E-state index in [1.165, 1.54) is 71.4 Å². The van der Waals surface area contributed by atoms with E-state index >= 15 is 0 Å². The van der Waals surface area contributed by atoms with Crippen LogP contribution in [0.15, 0.2) is 12.1 Å². The summed E-state index contributed by atoms with van der Waals surface area (Å²) in [6.07, 6.45) is 19.6. The molecule has 6 rings (SSSR count). The van der Waals surface area contributed by atoms with E-state index in [-0.39, 0.29) is 0 Å². The predicted molar refractivity (Wildman–Crippen MR) is 215 cm³/mol. The van der Waals surface area contributed by atoms with E-state index in [1.807, 2.05) is 0 Å². The molecule has 1 heterocycles. The molecule has 0 amide bonds. The molecule has 4 aromatic rings. The molecule has 0 aromatic heterocycles. The molecule has 0 saturated heterocycles. The highest BCUT2D eigenvalue weighted by atomic mass is 16.6. The topological polar surface area (TPSA) is 29.5 Å². The lowest BCUT2D eigenvalue weighted by Crippen LogP contribution is -2.20. The van der Waals surface area contributed by atoms with Crippen LogP contribution in [0.2, 0.25) is 0 Å². The Hall–Kier alpha value is -2.68. The maximum absolute atomic E-state index is 11.3. The zero-order chi connectivity index (χ0) is 35.5. The quantitative estimate of drug-likeness (QED) is 0.106. The highest BCUT2D eigenvalue weighted by molar-refractivity contribution is 6.05. The van der Waals surface area contributed by atoms with Crippen LogP contribution in [0.5, 0.6) is 0 Å². The number of unbranched alkanes of at least 4 members (excludes halogenated alkanes) is 4. The SMILES string of the molecule is CCCCc1c2c(c(CCCC)c3c1COC3O)Cc1c(c(CCCC)c3cc4c(CC)c(CC)c(CC)c(CC)c4cc3c1CCCC)C2. The number of benzene rings is 4. The van der Waals surface area contributed by atoms with Crippen LogP contribution in [-0.2, 0) is 75.6 Å². The average Bonchev–Trinajstić information content (AvgIpc) is 3.52. The molecule has 0 radical (unpaired) electrons. The largest absolute Gasteiger partial charge is 0.364 e. The molecule has 0 saturated carbocycles. The summed E-state index contributed by atoms with van der Waals surface area (Å²) in [4.78, 5) is 0. The molecular weight excluding hydrogens is 609 g/mol. The van der Waals surface area contributed by atoms with Crippen molar-refractivity contribution in [3.05, 3.63) is 90.0 Å². The number of ether oxygens (including phenoxy) is 1. The monoisotopic (exact) mass is 675 g/mol. The van der Waals surface area contributed by atoms with Gasteiger partial charge in [0, 0.05) is 5.56 Å². The van der Waals surface area contributed by atoms with E-state index in [4.69, 9.17) is 4.74 Å². The summed E-state index contributed by atoms with van der Waals surface area (Å²) >= 11 is 0. The van der Waals surface area contributed by atoms with Crippen molar-refractivity contribution in [2.24, 2.45) is 0 Å². The molecule has 1 N–H and O–H groups in total. The standard InChI is InChI=1S/C48H66O2/c1-9-17-21-34-40-25-38-32(15-7)30(13-5)31(14-6)33(16-8)39(38)26-41(40)35(22-18-10-2)43-28-45-37(24-20-12-4)47-46(29-50-48(47)49)36(23-19-11-3)44(45)27-42(34)43/h25-26,48-49H,9-24,27-29H2,1-8H3. The third-order valence-corrected chi connectivity index (χ3v) is 12.6. The zero-order valence-corrected chi connectivity index (χ0v) is 33.0. The summed E-state index contributed by atoms with van der Waals surface area (Å²) in [5.41, 5.74) is 21.5. The van der Waals surface area contributed by atoms with Gasteiger partial charge in [0.15, 0.2) is 6.29 Å². The number of fused-ring (bicyclic) bond motifs is 5. The summed E-state index contributed by atoms with van der Waals surface area (Å²) in [6, 6.07) is 5.37. The molecular formula is C48H66O2. The summed E-state index contributed by atoms with van der Waals surface area (Å²) in [5.74, 6) is 0. The van der Waals surface area contributed by atoms with Crippen molar-refractivity contribution in [2.45, 2.75) is 184 Å². The number of rotatable bonds is 16. The molecule has 2 aliphatic rings. The van der Waals surface area contributed by atoms with Gasteiger partial charge >= 0.3 is 0 Å². The molecule has 1 aliphatic carbocycles. The molecule has 0 fully saturated rings. The highest BCUT2D eigenvalue weighted by Gasteiger charge is 2.35. The molecule has 50 heavy (non-hydrogen) atoms. The molecule has 1 aliphatic heterocycles. The number of hydrogen-bond donors (Lipinski definition) is 1. The fourth-order valence-corrected chi connectivity index (χ4v) is 10.2. The first-order valence-corrected chi connectivity index (χ1v) is 21.0. The Balaban J connectivity index is 1.73. The summed E-state index contributed by atoms with van der Waals surface area (Å²) in [6.45, 7) is 19.4. The Bertz CT molecular complexity index is 1860. The van der Waals surface area contributed by atoms with E-state index in [2.05, 4.69) is 67.5 Å². The van der Waals surface area contributed by atoms with E-state index in [0.29, 0.717) is 6.61 Å². The van der Waals surface area contributed by atoms with Gasteiger partial charge in [-0.05, 0) is 196 Å². The number of hydrogen-bond acceptors (Lipinski definition) is 2. The minimum atomic E-state index is -0.785. The first-order valence-electron chi connectivity index (χ1n) is 21.0. The van der Waals surface area contributed by atoms with Crippen LogP contribution >= 0.6 is 0 Å². The maximum atomic E-state index is 11.3. The molecule has 1 unspecified atom stereocenters. The lowest BCUT2D eigenvalue weighted by atomic mass is 9.71. The Kier molecular flexibility index (Phi) is 12.1. The maximum Gasteiger partial charge on any atom is 0.182 e. The average molecular weight is 675 g/mol. The van der Waals surface area contributed by atoms with Crippen LogP contribution in [0, 0.1) is 0 Å². The van der Waals surface area contributed by atoms with Crippen LogP contribution in [0.25, 0.3) is 21.5 Å². The van der Waals surface area contributed by atoms with Gasteiger partial charge in [-0.3, -0.25) is 0 Å². The summed E-state index contributed by atoms with van der Waals surface area (Å²) < 4.78 is 6.06. The normalized spacial score (nSPS) is 15.3. The Morgan fingerprint density at radius 1 is 0.460 bits per heavy atom. The summed E-state index contributed by atoms with van der Waals surface area (Å²) in [5, 5.41) is 17.4. The number of aryl methyl sites for hydroxylation is 4. The molecule has 1 atom stereocenters. The van der Waals surface area contributed by atoms with Crippen molar-refractivity contribution in [1.29, 1.82) is 0 Å². The van der Waals surface area contributed by atoms with Gasteiger partial charge < -0.3 is 9.84 Å². The van der Waals surface area contributed by atoms with Gasteiger partial charge in [0.1, 0.15) is 0 Å².